The molecule has 0 aromatic heterocycles. The van der Waals surface area contributed by atoms with Gasteiger partial charge in [0.25, 0.3) is 5.69 Å². The van der Waals surface area contributed by atoms with Gasteiger partial charge in [0, 0.05) is 31.0 Å². The molecule has 1 saturated heterocycles. The quantitative estimate of drug-likeness (QED) is 0.473. The minimum Gasteiger partial charge on any atom is -0.299 e. The molecular formula is C16H16N2O5S. The van der Waals surface area contributed by atoms with Gasteiger partial charge in [-0.1, -0.05) is 18.7 Å². The average molecular weight is 348 g/mol. The van der Waals surface area contributed by atoms with Crippen molar-refractivity contribution in [1.82, 2.24) is 4.31 Å². The molecule has 1 aromatic rings. The van der Waals surface area contributed by atoms with Crippen molar-refractivity contribution in [3.05, 3.63) is 52.3 Å². The summed E-state index contributed by atoms with van der Waals surface area (Å²) in [7, 11) is -4.06. The third kappa shape index (κ3) is 2.58. The molecule has 2 atom stereocenters. The first kappa shape index (κ1) is 16.6. The molecule has 126 valence electrons. The minimum atomic E-state index is -4.06. The van der Waals surface area contributed by atoms with Crippen molar-refractivity contribution in [2.24, 2.45) is 5.92 Å². The highest BCUT2D eigenvalue weighted by Gasteiger charge is 2.45. The highest BCUT2D eigenvalue weighted by molar-refractivity contribution is 7.89. The molecule has 1 aromatic carbocycles. The number of rotatable bonds is 3. The molecule has 1 heterocycles. The van der Waals surface area contributed by atoms with Crippen LogP contribution < -0.4 is 0 Å². The van der Waals surface area contributed by atoms with Gasteiger partial charge >= 0.3 is 0 Å². The van der Waals surface area contributed by atoms with Gasteiger partial charge in [-0.15, -0.1) is 5.73 Å². The second kappa shape index (κ2) is 5.98. The van der Waals surface area contributed by atoms with Gasteiger partial charge in [-0.2, -0.15) is 4.31 Å². The lowest BCUT2D eigenvalue weighted by molar-refractivity contribution is -0.387. The van der Waals surface area contributed by atoms with E-state index < -0.39 is 20.6 Å². The molecule has 3 rings (SSSR count). The van der Waals surface area contributed by atoms with E-state index in [2.05, 4.69) is 12.3 Å². The zero-order chi connectivity index (χ0) is 17.5. The largest absolute Gasteiger partial charge is 0.299 e. The standard InChI is InChI=1S/C16H16N2O5S/c1-2-11-10-17(12-7-8-15(19)13(11)9-12)24(22,23)16-6-4-3-5-14(16)18(20)21/h3-6,12-13H,1,7-10H2/t12-,13+/m1/s1. The van der Waals surface area contributed by atoms with Crippen LogP contribution in [0, 0.1) is 16.0 Å². The first-order valence-electron chi connectivity index (χ1n) is 7.53. The van der Waals surface area contributed by atoms with E-state index in [-0.39, 0.29) is 29.2 Å². The van der Waals surface area contributed by atoms with Gasteiger partial charge in [0.2, 0.25) is 10.0 Å². The maximum absolute atomic E-state index is 13.0. The van der Waals surface area contributed by atoms with E-state index in [1.54, 1.807) is 0 Å². The van der Waals surface area contributed by atoms with Crippen molar-refractivity contribution in [3.8, 4) is 0 Å². The summed E-state index contributed by atoms with van der Waals surface area (Å²) in [5.41, 5.74) is 2.78. The van der Waals surface area contributed by atoms with Gasteiger partial charge in [-0.05, 0) is 24.5 Å². The summed E-state index contributed by atoms with van der Waals surface area (Å²) in [6, 6.07) is 4.97. The number of nitro benzene ring substituents is 1. The van der Waals surface area contributed by atoms with Crippen LogP contribution in [0.4, 0.5) is 5.69 Å². The lowest BCUT2D eigenvalue weighted by Gasteiger charge is -2.41. The Bertz CT molecular complexity index is 870. The fraction of sp³-hybridized carbons (Fsp3) is 0.375. The molecule has 7 nitrogen and oxygen atoms in total. The van der Waals surface area contributed by atoms with E-state index in [4.69, 9.17) is 0 Å². The zero-order valence-electron chi connectivity index (χ0n) is 12.8. The van der Waals surface area contributed by atoms with Crippen LogP contribution in [0.5, 0.6) is 0 Å². The summed E-state index contributed by atoms with van der Waals surface area (Å²) < 4.78 is 27.3. The third-order valence-corrected chi connectivity index (χ3v) is 6.60. The van der Waals surface area contributed by atoms with Gasteiger partial charge in [-0.25, -0.2) is 8.42 Å². The molecule has 2 aliphatic rings. The number of nitrogens with zero attached hydrogens (tertiary/aromatic N) is 2. The fourth-order valence-electron chi connectivity index (χ4n) is 3.42. The van der Waals surface area contributed by atoms with Crippen LogP contribution >= 0.6 is 0 Å². The molecule has 1 aliphatic heterocycles. The van der Waals surface area contributed by atoms with Gasteiger partial charge in [0.1, 0.15) is 5.78 Å². The lowest BCUT2D eigenvalue weighted by atomic mass is 9.77. The van der Waals surface area contributed by atoms with Gasteiger partial charge in [0.05, 0.1) is 4.92 Å². The summed E-state index contributed by atoms with van der Waals surface area (Å²) in [6.07, 6.45) is 1.11. The van der Waals surface area contributed by atoms with E-state index in [0.717, 1.165) is 0 Å². The van der Waals surface area contributed by atoms with E-state index in [9.17, 15) is 23.3 Å². The van der Waals surface area contributed by atoms with Crippen molar-refractivity contribution in [3.63, 3.8) is 0 Å². The van der Waals surface area contributed by atoms with E-state index in [1.165, 1.54) is 28.6 Å². The van der Waals surface area contributed by atoms with Gasteiger partial charge in [0.15, 0.2) is 4.90 Å². The lowest BCUT2D eigenvalue weighted by Crippen LogP contribution is -2.51. The van der Waals surface area contributed by atoms with Crippen LogP contribution in [0.15, 0.2) is 47.0 Å². The first-order chi connectivity index (χ1) is 11.4. The summed E-state index contributed by atoms with van der Waals surface area (Å²) in [6.45, 7) is 3.56. The number of benzene rings is 1. The number of piperidine rings is 1. The minimum absolute atomic E-state index is 0.00104. The van der Waals surface area contributed by atoms with Crippen LogP contribution in [0.25, 0.3) is 0 Å². The van der Waals surface area contributed by atoms with E-state index >= 15 is 0 Å². The Hall–Kier alpha value is -2.28. The Labute approximate surface area is 139 Å². The van der Waals surface area contributed by atoms with Crippen molar-refractivity contribution in [2.75, 3.05) is 6.54 Å². The normalized spacial score (nSPS) is 24.5. The van der Waals surface area contributed by atoms with E-state index in [1.807, 2.05) is 0 Å². The molecule has 0 radical (unpaired) electrons. The summed E-state index contributed by atoms with van der Waals surface area (Å²) in [5.74, 6) is -0.251. The summed E-state index contributed by atoms with van der Waals surface area (Å²) >= 11 is 0. The van der Waals surface area contributed by atoms with Crippen molar-refractivity contribution >= 4 is 21.5 Å². The van der Waals surface area contributed by atoms with E-state index in [0.29, 0.717) is 24.8 Å². The van der Waals surface area contributed by atoms with Crippen molar-refractivity contribution < 1.29 is 18.1 Å². The predicted molar refractivity (Wildman–Crippen MR) is 85.8 cm³/mol. The Morgan fingerprint density at radius 2 is 2.04 bits per heavy atom. The number of ketones is 1. The molecule has 0 amide bonds. The molecule has 1 aliphatic carbocycles. The average Bonchev–Trinajstić information content (AvgIpc) is 2.58. The van der Waals surface area contributed by atoms with Gasteiger partial charge < -0.3 is 0 Å². The number of sulfonamides is 1. The molecule has 0 N–H and O–H groups in total. The number of nitro groups is 1. The number of para-hydroxylation sites is 1. The Balaban J connectivity index is 2.06. The van der Waals surface area contributed by atoms with Crippen LogP contribution in [-0.4, -0.2) is 36.0 Å². The number of hydrogen-bond donors (Lipinski definition) is 0. The second-order valence-corrected chi connectivity index (χ2v) is 7.78. The summed E-state index contributed by atoms with van der Waals surface area (Å²) in [5, 5.41) is 11.2. The molecule has 0 spiro atoms. The molecule has 8 heteroatoms. The van der Waals surface area contributed by atoms with Crippen molar-refractivity contribution in [2.45, 2.75) is 30.2 Å². The Kier molecular flexibility index (Phi) is 4.13. The topological polar surface area (TPSA) is 97.6 Å². The molecule has 2 bridgehead atoms. The van der Waals surface area contributed by atoms with Crippen LogP contribution in [0.1, 0.15) is 19.3 Å². The molecule has 1 saturated carbocycles. The number of Topliss-reactive ketones (excluding diaryl/α,β-unsaturated/α-hetero) is 1. The smallest absolute Gasteiger partial charge is 0.289 e. The molecule has 0 unspecified atom stereocenters. The number of carbonyl (C=O) groups excluding carboxylic acids is 1. The Morgan fingerprint density at radius 3 is 2.71 bits per heavy atom. The highest BCUT2D eigenvalue weighted by atomic mass is 32.2. The molecular weight excluding hydrogens is 332 g/mol. The van der Waals surface area contributed by atoms with Crippen molar-refractivity contribution in [1.29, 1.82) is 0 Å². The molecule has 2 fully saturated rings. The molecule has 24 heavy (non-hydrogen) atoms. The summed E-state index contributed by atoms with van der Waals surface area (Å²) in [4.78, 5) is 22.2. The number of hydrogen-bond acceptors (Lipinski definition) is 5. The van der Waals surface area contributed by atoms with Crippen LogP contribution in [-0.2, 0) is 14.8 Å². The fourth-order valence-corrected chi connectivity index (χ4v) is 5.23. The third-order valence-electron chi connectivity index (χ3n) is 4.65. The van der Waals surface area contributed by atoms with Gasteiger partial charge in [-0.3, -0.25) is 14.9 Å². The second-order valence-electron chi connectivity index (χ2n) is 5.92. The maximum Gasteiger partial charge on any atom is 0.289 e. The number of fused-ring (bicyclic) bond motifs is 2. The van der Waals surface area contributed by atoms with Crippen LogP contribution in [0.3, 0.4) is 0 Å². The maximum atomic E-state index is 13.0. The monoisotopic (exact) mass is 348 g/mol. The SMILES string of the molecule is C=C=C1CN(S(=O)(=O)c2ccccc2[N+](=O)[O-])[C@@H]2CCC(=O)[C@H]1C2. The highest BCUT2D eigenvalue weighted by Crippen LogP contribution is 2.39. The number of carbonyl (C=O) groups is 1. The predicted octanol–water partition coefficient (Wildman–Crippen LogP) is 2.05. The first-order valence-corrected chi connectivity index (χ1v) is 8.97. The Morgan fingerprint density at radius 1 is 1.33 bits per heavy atom. The van der Waals surface area contributed by atoms with Crippen LogP contribution in [0.2, 0.25) is 0 Å². The zero-order valence-corrected chi connectivity index (χ0v) is 13.7.